The summed E-state index contributed by atoms with van der Waals surface area (Å²) in [4.78, 5) is 18.6. The molecule has 3 heterocycles. The van der Waals surface area contributed by atoms with Gasteiger partial charge < -0.3 is 14.2 Å². The zero-order valence-electron chi connectivity index (χ0n) is 15.0. The van der Waals surface area contributed by atoms with Gasteiger partial charge in [-0.3, -0.25) is 0 Å². The molecule has 0 aromatic carbocycles. The summed E-state index contributed by atoms with van der Waals surface area (Å²) in [5.74, 6) is 0. The van der Waals surface area contributed by atoms with Crippen LogP contribution in [0.3, 0.4) is 0 Å². The quantitative estimate of drug-likeness (QED) is 0.380. The van der Waals surface area contributed by atoms with E-state index in [2.05, 4.69) is 67.3 Å². The SMILES string of the molecule is Cc1nc(Br)cc2c(I)cn(C3CCN(C(=O)OC(C)(C)C)CC3)c12. The lowest BCUT2D eigenvalue weighted by atomic mass is 10.0. The average Bonchev–Trinajstić information content (AvgIpc) is 2.83. The number of aromatic nitrogens is 2. The monoisotopic (exact) mass is 519 g/mol. The number of likely N-dealkylation sites (tertiary alicyclic amines) is 1. The molecule has 136 valence electrons. The summed E-state index contributed by atoms with van der Waals surface area (Å²) >= 11 is 5.87. The van der Waals surface area contributed by atoms with E-state index in [1.165, 1.54) is 14.5 Å². The molecule has 0 saturated carbocycles. The Morgan fingerprint density at radius 3 is 2.60 bits per heavy atom. The van der Waals surface area contributed by atoms with E-state index in [1.807, 2.05) is 25.7 Å². The molecule has 1 aliphatic heterocycles. The number of pyridine rings is 1. The molecule has 5 nitrogen and oxygen atoms in total. The van der Waals surface area contributed by atoms with E-state index in [1.54, 1.807) is 0 Å². The number of ether oxygens (including phenoxy) is 1. The van der Waals surface area contributed by atoms with Crippen molar-refractivity contribution in [2.24, 2.45) is 0 Å². The molecule has 1 amide bonds. The number of rotatable bonds is 1. The van der Waals surface area contributed by atoms with Gasteiger partial charge in [0, 0.05) is 34.3 Å². The van der Waals surface area contributed by atoms with Crippen LogP contribution in [0.5, 0.6) is 0 Å². The van der Waals surface area contributed by atoms with E-state index in [0.29, 0.717) is 6.04 Å². The highest BCUT2D eigenvalue weighted by atomic mass is 127. The molecule has 25 heavy (non-hydrogen) atoms. The molecular formula is C18H23BrIN3O2. The molecule has 0 N–H and O–H groups in total. The second kappa shape index (κ2) is 7.06. The molecule has 0 atom stereocenters. The van der Waals surface area contributed by atoms with Gasteiger partial charge in [0.2, 0.25) is 0 Å². The Hall–Kier alpha value is -0.830. The Kier molecular flexibility index (Phi) is 5.35. The molecular weight excluding hydrogens is 497 g/mol. The Bertz CT molecular complexity index is 805. The van der Waals surface area contributed by atoms with E-state index in [9.17, 15) is 4.79 Å². The number of hydrogen-bond acceptors (Lipinski definition) is 3. The molecule has 0 radical (unpaired) electrons. The van der Waals surface area contributed by atoms with Crippen LogP contribution in [0.1, 0.15) is 45.3 Å². The van der Waals surface area contributed by atoms with Gasteiger partial charge in [-0.2, -0.15) is 0 Å². The minimum absolute atomic E-state index is 0.209. The highest BCUT2D eigenvalue weighted by molar-refractivity contribution is 14.1. The van der Waals surface area contributed by atoms with Gasteiger partial charge in [-0.1, -0.05) is 0 Å². The molecule has 1 saturated heterocycles. The highest BCUT2D eigenvalue weighted by Gasteiger charge is 2.28. The van der Waals surface area contributed by atoms with Crippen molar-refractivity contribution in [3.8, 4) is 0 Å². The van der Waals surface area contributed by atoms with Crippen LogP contribution in [-0.4, -0.2) is 39.2 Å². The Balaban J connectivity index is 1.78. The Labute approximate surface area is 170 Å². The fourth-order valence-corrected chi connectivity index (χ4v) is 4.54. The van der Waals surface area contributed by atoms with Crippen molar-refractivity contribution >= 4 is 55.5 Å². The van der Waals surface area contributed by atoms with Crippen LogP contribution in [0.4, 0.5) is 4.79 Å². The summed E-state index contributed by atoms with van der Waals surface area (Å²) in [6.07, 6.45) is 3.85. The lowest BCUT2D eigenvalue weighted by Crippen LogP contribution is -2.42. The second-order valence-corrected chi connectivity index (χ2v) is 9.48. The van der Waals surface area contributed by atoms with Crippen molar-refractivity contribution in [1.82, 2.24) is 14.5 Å². The molecule has 0 aliphatic carbocycles. The predicted molar refractivity (Wildman–Crippen MR) is 111 cm³/mol. The Morgan fingerprint density at radius 1 is 1.36 bits per heavy atom. The first kappa shape index (κ1) is 18.9. The third-order valence-corrected chi connectivity index (χ3v) is 5.68. The molecule has 0 unspecified atom stereocenters. The summed E-state index contributed by atoms with van der Waals surface area (Å²) < 4.78 is 9.93. The van der Waals surface area contributed by atoms with Crippen molar-refractivity contribution in [1.29, 1.82) is 0 Å². The molecule has 3 rings (SSSR count). The maximum Gasteiger partial charge on any atom is 0.410 e. The predicted octanol–water partition coefficient (Wildman–Crippen LogP) is 5.28. The molecule has 1 aliphatic rings. The van der Waals surface area contributed by atoms with E-state index < -0.39 is 5.60 Å². The number of hydrogen-bond donors (Lipinski definition) is 0. The molecule has 2 aromatic rings. The number of carbonyl (C=O) groups excluding carboxylic acids is 1. The fraction of sp³-hybridized carbons (Fsp3) is 0.556. The van der Waals surface area contributed by atoms with E-state index in [4.69, 9.17) is 4.74 Å². The third-order valence-electron chi connectivity index (χ3n) is 4.41. The average molecular weight is 520 g/mol. The second-order valence-electron chi connectivity index (χ2n) is 7.51. The number of amides is 1. The van der Waals surface area contributed by atoms with Crippen LogP contribution < -0.4 is 0 Å². The number of piperidine rings is 1. The van der Waals surface area contributed by atoms with Gasteiger partial charge in [0.25, 0.3) is 0 Å². The minimum Gasteiger partial charge on any atom is -0.444 e. The van der Waals surface area contributed by atoms with Crippen LogP contribution in [0, 0.1) is 10.5 Å². The summed E-state index contributed by atoms with van der Waals surface area (Å²) in [6, 6.07) is 2.46. The minimum atomic E-state index is -0.448. The van der Waals surface area contributed by atoms with E-state index in [0.717, 1.165) is 36.2 Å². The lowest BCUT2D eigenvalue weighted by Gasteiger charge is -2.34. The topological polar surface area (TPSA) is 47.4 Å². The fourth-order valence-electron chi connectivity index (χ4n) is 3.33. The number of fused-ring (bicyclic) bond motifs is 1. The molecule has 2 aromatic heterocycles. The molecule has 0 bridgehead atoms. The van der Waals surface area contributed by atoms with Crippen molar-refractivity contribution in [2.75, 3.05) is 13.1 Å². The standard InChI is InChI=1S/C18H23BrIN3O2/c1-11-16-13(9-15(19)21-11)14(20)10-23(16)12-5-7-22(8-6-12)17(24)25-18(2,3)4/h9-10,12H,5-8H2,1-4H3. The third kappa shape index (κ3) is 4.13. The van der Waals surface area contributed by atoms with Crippen LogP contribution in [0.15, 0.2) is 16.9 Å². The van der Waals surface area contributed by atoms with Gasteiger partial charge in [0.15, 0.2) is 0 Å². The maximum atomic E-state index is 12.2. The van der Waals surface area contributed by atoms with Gasteiger partial charge >= 0.3 is 6.09 Å². The van der Waals surface area contributed by atoms with Crippen LogP contribution in [-0.2, 0) is 4.74 Å². The van der Waals surface area contributed by atoms with Crippen LogP contribution in [0.25, 0.3) is 10.9 Å². The summed E-state index contributed by atoms with van der Waals surface area (Å²) in [6.45, 7) is 9.20. The zero-order valence-corrected chi connectivity index (χ0v) is 18.7. The summed E-state index contributed by atoms with van der Waals surface area (Å²) in [7, 11) is 0. The number of aryl methyl sites for hydroxylation is 1. The Morgan fingerprint density at radius 2 is 2.00 bits per heavy atom. The van der Waals surface area contributed by atoms with Crippen LogP contribution >= 0.6 is 38.5 Å². The van der Waals surface area contributed by atoms with Crippen LogP contribution in [0.2, 0.25) is 0 Å². The largest absolute Gasteiger partial charge is 0.444 e. The first-order valence-corrected chi connectivity index (χ1v) is 10.3. The molecule has 7 heteroatoms. The van der Waals surface area contributed by atoms with Gasteiger partial charge in [0.1, 0.15) is 10.2 Å². The molecule has 0 spiro atoms. The van der Waals surface area contributed by atoms with Gasteiger partial charge in [-0.25, -0.2) is 9.78 Å². The smallest absolute Gasteiger partial charge is 0.410 e. The first-order chi connectivity index (χ1) is 11.7. The zero-order chi connectivity index (χ0) is 18.4. The van der Waals surface area contributed by atoms with Gasteiger partial charge in [-0.15, -0.1) is 0 Å². The number of halogens is 2. The van der Waals surface area contributed by atoms with Gasteiger partial charge in [0.05, 0.1) is 11.2 Å². The number of nitrogens with zero attached hydrogens (tertiary/aromatic N) is 3. The van der Waals surface area contributed by atoms with Gasteiger partial charge in [-0.05, 0) is 85.1 Å². The highest BCUT2D eigenvalue weighted by Crippen LogP contribution is 2.33. The summed E-state index contributed by atoms with van der Waals surface area (Å²) in [5, 5.41) is 1.23. The summed E-state index contributed by atoms with van der Waals surface area (Å²) in [5.41, 5.74) is 1.78. The first-order valence-electron chi connectivity index (χ1n) is 8.47. The number of carbonyl (C=O) groups is 1. The van der Waals surface area contributed by atoms with Crippen molar-refractivity contribution < 1.29 is 9.53 Å². The van der Waals surface area contributed by atoms with Crippen molar-refractivity contribution in [2.45, 2.75) is 52.2 Å². The van der Waals surface area contributed by atoms with Crippen molar-refractivity contribution in [3.63, 3.8) is 0 Å². The van der Waals surface area contributed by atoms with Crippen molar-refractivity contribution in [3.05, 3.63) is 26.1 Å². The van der Waals surface area contributed by atoms with E-state index >= 15 is 0 Å². The van der Waals surface area contributed by atoms with E-state index in [-0.39, 0.29) is 6.09 Å². The normalized spacial score (nSPS) is 16.5. The maximum absolute atomic E-state index is 12.2. The lowest BCUT2D eigenvalue weighted by molar-refractivity contribution is 0.0189. The molecule has 1 fully saturated rings.